The standard InChI is InChI=1S/C61H41N5/c1-5-16-42(17-6-1)45-30-34-47(35-31-45)56-41-57(63-58(62-56)48-22-11-4-12-23-48)53-27-13-25-51(38-53)52-26-15-29-55(40-52)61-65-59(49-36-32-46(33-37-49)43-18-7-2-8-19-43)64-60(66-61)54-28-14-24-50(39-54)44-20-9-3-10-21-44/h1-41H. The smallest absolute Gasteiger partial charge is 0.164 e. The molecule has 0 aliphatic carbocycles. The van der Waals surface area contributed by atoms with Gasteiger partial charge in [-0.2, -0.15) is 0 Å². The summed E-state index contributed by atoms with van der Waals surface area (Å²) in [4.78, 5) is 25.7. The monoisotopic (exact) mass is 843 g/mol. The summed E-state index contributed by atoms with van der Waals surface area (Å²) in [6, 6.07) is 85.9. The Morgan fingerprint density at radius 1 is 0.152 bits per heavy atom. The summed E-state index contributed by atoms with van der Waals surface area (Å²) in [5, 5.41) is 0. The Bertz CT molecular complexity index is 3430. The zero-order valence-electron chi connectivity index (χ0n) is 35.9. The molecule has 0 aliphatic rings. The molecule has 2 heterocycles. The van der Waals surface area contributed by atoms with Crippen molar-refractivity contribution in [1.82, 2.24) is 24.9 Å². The van der Waals surface area contributed by atoms with Gasteiger partial charge in [-0.05, 0) is 68.8 Å². The van der Waals surface area contributed by atoms with Gasteiger partial charge in [0, 0.05) is 33.4 Å². The van der Waals surface area contributed by atoms with Gasteiger partial charge in [-0.1, -0.05) is 224 Å². The van der Waals surface area contributed by atoms with Crippen LogP contribution in [-0.4, -0.2) is 24.9 Å². The van der Waals surface area contributed by atoms with Gasteiger partial charge in [0.05, 0.1) is 11.4 Å². The van der Waals surface area contributed by atoms with Crippen LogP contribution in [0.5, 0.6) is 0 Å². The summed E-state index contributed by atoms with van der Waals surface area (Å²) in [5.74, 6) is 2.48. The molecule has 66 heavy (non-hydrogen) atoms. The third-order valence-corrected chi connectivity index (χ3v) is 11.8. The molecule has 2 aromatic heterocycles. The molecule has 9 aromatic carbocycles. The van der Waals surface area contributed by atoms with E-state index in [1.54, 1.807) is 0 Å². The molecule has 11 aromatic rings. The molecule has 5 heteroatoms. The molecule has 0 bridgehead atoms. The predicted molar refractivity (Wildman–Crippen MR) is 270 cm³/mol. The molecule has 310 valence electrons. The molecule has 0 aliphatic heterocycles. The van der Waals surface area contributed by atoms with Crippen molar-refractivity contribution >= 4 is 0 Å². The second-order valence-electron chi connectivity index (χ2n) is 16.1. The van der Waals surface area contributed by atoms with Crippen molar-refractivity contribution < 1.29 is 0 Å². The fraction of sp³-hybridized carbons (Fsp3) is 0. The summed E-state index contributed by atoms with van der Waals surface area (Å²) in [6.45, 7) is 0. The van der Waals surface area contributed by atoms with E-state index in [2.05, 4.69) is 212 Å². The van der Waals surface area contributed by atoms with Crippen LogP contribution in [0, 0.1) is 0 Å². The average molecular weight is 844 g/mol. The van der Waals surface area contributed by atoms with Gasteiger partial charge >= 0.3 is 0 Å². The van der Waals surface area contributed by atoms with Gasteiger partial charge < -0.3 is 0 Å². The first-order valence-corrected chi connectivity index (χ1v) is 22.1. The number of nitrogens with zero attached hydrogens (tertiary/aromatic N) is 5. The molecule has 5 nitrogen and oxygen atoms in total. The van der Waals surface area contributed by atoms with Gasteiger partial charge in [0.15, 0.2) is 23.3 Å². The lowest BCUT2D eigenvalue weighted by molar-refractivity contribution is 1.07. The fourth-order valence-corrected chi connectivity index (χ4v) is 8.29. The van der Waals surface area contributed by atoms with Crippen molar-refractivity contribution in [1.29, 1.82) is 0 Å². The molecule has 0 atom stereocenters. The summed E-state index contributed by atoms with van der Waals surface area (Å²) >= 11 is 0. The van der Waals surface area contributed by atoms with Crippen LogP contribution in [0.2, 0.25) is 0 Å². The third kappa shape index (κ3) is 8.57. The maximum atomic E-state index is 5.16. The Labute approximate surface area is 384 Å². The van der Waals surface area contributed by atoms with E-state index in [0.717, 1.165) is 83.7 Å². The molecular weight excluding hydrogens is 803 g/mol. The summed E-state index contributed by atoms with van der Waals surface area (Å²) in [5.41, 5.74) is 16.3. The molecular formula is C61H41N5. The molecule has 0 unspecified atom stereocenters. The first-order chi connectivity index (χ1) is 32.7. The van der Waals surface area contributed by atoms with E-state index in [1.165, 1.54) is 5.56 Å². The lowest BCUT2D eigenvalue weighted by Gasteiger charge is -2.12. The number of hydrogen-bond acceptors (Lipinski definition) is 5. The van der Waals surface area contributed by atoms with Crippen molar-refractivity contribution in [2.75, 3.05) is 0 Å². The van der Waals surface area contributed by atoms with Crippen molar-refractivity contribution in [2.24, 2.45) is 0 Å². The maximum Gasteiger partial charge on any atom is 0.164 e. The quantitative estimate of drug-likeness (QED) is 0.137. The van der Waals surface area contributed by atoms with Crippen LogP contribution in [0.1, 0.15) is 0 Å². The molecule has 0 fully saturated rings. The van der Waals surface area contributed by atoms with E-state index < -0.39 is 0 Å². The van der Waals surface area contributed by atoms with E-state index in [0.29, 0.717) is 23.3 Å². The van der Waals surface area contributed by atoms with E-state index >= 15 is 0 Å². The van der Waals surface area contributed by atoms with E-state index in [9.17, 15) is 0 Å². The molecule has 11 rings (SSSR count). The second kappa shape index (κ2) is 18.0. The van der Waals surface area contributed by atoms with Crippen LogP contribution in [-0.2, 0) is 0 Å². The molecule has 0 N–H and O–H groups in total. The van der Waals surface area contributed by atoms with Crippen molar-refractivity contribution in [3.05, 3.63) is 249 Å². The normalized spacial score (nSPS) is 11.0. The molecule has 0 saturated carbocycles. The zero-order chi connectivity index (χ0) is 44.1. The largest absolute Gasteiger partial charge is 0.228 e. The highest BCUT2D eigenvalue weighted by atomic mass is 15.0. The minimum Gasteiger partial charge on any atom is -0.228 e. The first kappa shape index (κ1) is 39.9. The lowest BCUT2D eigenvalue weighted by Crippen LogP contribution is -2.00. The summed E-state index contributed by atoms with van der Waals surface area (Å²) in [6.07, 6.45) is 0. The van der Waals surface area contributed by atoms with Crippen LogP contribution < -0.4 is 0 Å². The van der Waals surface area contributed by atoms with Crippen molar-refractivity contribution in [3.8, 4) is 113 Å². The van der Waals surface area contributed by atoms with Gasteiger partial charge in [-0.3, -0.25) is 0 Å². The molecule has 0 radical (unpaired) electrons. The first-order valence-electron chi connectivity index (χ1n) is 22.1. The number of benzene rings is 9. The Morgan fingerprint density at radius 3 is 0.879 bits per heavy atom. The molecule has 0 amide bonds. The highest BCUT2D eigenvalue weighted by molar-refractivity contribution is 5.79. The summed E-state index contributed by atoms with van der Waals surface area (Å²) in [7, 11) is 0. The van der Waals surface area contributed by atoms with Crippen LogP contribution >= 0.6 is 0 Å². The number of hydrogen-bond donors (Lipinski definition) is 0. The topological polar surface area (TPSA) is 64.5 Å². The van der Waals surface area contributed by atoms with Crippen molar-refractivity contribution in [3.63, 3.8) is 0 Å². The molecule has 0 spiro atoms. The minimum absolute atomic E-state index is 0.594. The Balaban J connectivity index is 0.973. The lowest BCUT2D eigenvalue weighted by atomic mass is 9.98. The van der Waals surface area contributed by atoms with Gasteiger partial charge in [0.25, 0.3) is 0 Å². The predicted octanol–water partition coefficient (Wildman–Crippen LogP) is 15.3. The highest BCUT2D eigenvalue weighted by Gasteiger charge is 2.16. The fourth-order valence-electron chi connectivity index (χ4n) is 8.29. The highest BCUT2D eigenvalue weighted by Crippen LogP contribution is 2.34. The van der Waals surface area contributed by atoms with Gasteiger partial charge in [0.1, 0.15) is 0 Å². The molecule has 0 saturated heterocycles. The van der Waals surface area contributed by atoms with E-state index in [1.807, 2.05) is 36.4 Å². The van der Waals surface area contributed by atoms with E-state index in [-0.39, 0.29) is 0 Å². The van der Waals surface area contributed by atoms with Crippen LogP contribution in [0.15, 0.2) is 249 Å². The number of rotatable bonds is 10. The van der Waals surface area contributed by atoms with Gasteiger partial charge in [-0.15, -0.1) is 0 Å². The third-order valence-electron chi connectivity index (χ3n) is 11.8. The van der Waals surface area contributed by atoms with Crippen LogP contribution in [0.25, 0.3) is 113 Å². The minimum atomic E-state index is 0.594. The van der Waals surface area contributed by atoms with Gasteiger partial charge in [0.2, 0.25) is 0 Å². The maximum absolute atomic E-state index is 5.16. The average Bonchev–Trinajstić information content (AvgIpc) is 3.42. The van der Waals surface area contributed by atoms with E-state index in [4.69, 9.17) is 24.9 Å². The second-order valence-corrected chi connectivity index (χ2v) is 16.1. The SMILES string of the molecule is c1ccc(-c2ccc(-c3cc(-c4cccc(-c5cccc(-c6nc(-c7ccc(-c8ccccc8)cc7)nc(-c7cccc(-c8ccccc8)c7)n6)c5)c4)nc(-c4ccccc4)n3)cc2)cc1. The Morgan fingerprint density at radius 2 is 0.409 bits per heavy atom. The van der Waals surface area contributed by atoms with Crippen molar-refractivity contribution in [2.45, 2.75) is 0 Å². The van der Waals surface area contributed by atoms with Crippen LogP contribution in [0.4, 0.5) is 0 Å². The summed E-state index contributed by atoms with van der Waals surface area (Å²) < 4.78 is 0. The zero-order valence-corrected chi connectivity index (χ0v) is 35.9. The number of aromatic nitrogens is 5. The van der Waals surface area contributed by atoms with Gasteiger partial charge in [-0.25, -0.2) is 24.9 Å². The van der Waals surface area contributed by atoms with Crippen LogP contribution in [0.3, 0.4) is 0 Å². The Kier molecular flexibility index (Phi) is 10.9. The Hall–Kier alpha value is -8.93.